The van der Waals surface area contributed by atoms with Gasteiger partial charge in [-0.05, 0) is 37.0 Å². The van der Waals surface area contributed by atoms with E-state index in [2.05, 4.69) is 69.3 Å². The number of hydrogen-bond acceptors (Lipinski definition) is 0. The molecule has 0 aliphatic carbocycles. The molecular formula is C19H26. The molecular weight excluding hydrogens is 228 g/mol. The van der Waals surface area contributed by atoms with Crippen LogP contribution in [0.15, 0.2) is 48.5 Å². The van der Waals surface area contributed by atoms with Gasteiger partial charge in [-0.2, -0.15) is 0 Å². The summed E-state index contributed by atoms with van der Waals surface area (Å²) in [6, 6.07) is 17.6. The lowest BCUT2D eigenvalue weighted by Gasteiger charge is -2.18. The highest BCUT2D eigenvalue weighted by Crippen LogP contribution is 2.30. The molecule has 1 unspecified atom stereocenters. The Balaban J connectivity index is 0.000000861. The van der Waals surface area contributed by atoms with Crippen molar-refractivity contribution in [1.29, 1.82) is 0 Å². The number of aryl methyl sites for hydroxylation is 2. The average molecular weight is 254 g/mol. The first-order chi connectivity index (χ1) is 9.22. The Bertz CT molecular complexity index is 483. The fourth-order valence-electron chi connectivity index (χ4n) is 2.54. The molecule has 0 heteroatoms. The fraction of sp³-hybridized carbons (Fsp3) is 0.368. The molecule has 2 aromatic rings. The monoisotopic (exact) mass is 254 g/mol. The highest BCUT2D eigenvalue weighted by Gasteiger charge is 2.13. The maximum atomic E-state index is 2.28. The highest BCUT2D eigenvalue weighted by atomic mass is 14.2. The van der Waals surface area contributed by atoms with Gasteiger partial charge in [0.25, 0.3) is 0 Å². The Morgan fingerprint density at radius 3 is 2.05 bits per heavy atom. The molecule has 0 saturated heterocycles. The fourth-order valence-corrected chi connectivity index (χ4v) is 2.54. The van der Waals surface area contributed by atoms with Crippen LogP contribution in [0.4, 0.5) is 0 Å². The first-order valence-electron chi connectivity index (χ1n) is 7.34. The molecule has 19 heavy (non-hydrogen) atoms. The van der Waals surface area contributed by atoms with Crippen molar-refractivity contribution in [2.24, 2.45) is 0 Å². The van der Waals surface area contributed by atoms with E-state index in [1.54, 1.807) is 0 Å². The van der Waals surface area contributed by atoms with Crippen LogP contribution in [0.25, 0.3) is 0 Å². The van der Waals surface area contributed by atoms with Crippen LogP contribution in [0.5, 0.6) is 0 Å². The SMILES string of the molecule is CC.CCC(c1ccccc1)c1ccc(C)cc1C. The second-order valence-corrected chi connectivity index (χ2v) is 4.73. The third kappa shape index (κ3) is 3.96. The minimum atomic E-state index is 0.525. The number of benzene rings is 2. The summed E-state index contributed by atoms with van der Waals surface area (Å²) in [4.78, 5) is 0. The molecule has 0 aliphatic rings. The van der Waals surface area contributed by atoms with Gasteiger partial charge in [-0.3, -0.25) is 0 Å². The first kappa shape index (κ1) is 15.5. The third-order valence-electron chi connectivity index (χ3n) is 3.41. The summed E-state index contributed by atoms with van der Waals surface area (Å²) in [5, 5.41) is 0. The summed E-state index contributed by atoms with van der Waals surface area (Å²) >= 11 is 0. The van der Waals surface area contributed by atoms with Crippen molar-refractivity contribution in [3.63, 3.8) is 0 Å². The van der Waals surface area contributed by atoms with Gasteiger partial charge in [0, 0.05) is 5.92 Å². The Labute approximate surface area is 118 Å². The summed E-state index contributed by atoms with van der Waals surface area (Å²) in [6.45, 7) is 10.6. The summed E-state index contributed by atoms with van der Waals surface area (Å²) in [7, 11) is 0. The third-order valence-corrected chi connectivity index (χ3v) is 3.41. The van der Waals surface area contributed by atoms with Gasteiger partial charge in [0.2, 0.25) is 0 Å². The van der Waals surface area contributed by atoms with Crippen LogP contribution in [0.2, 0.25) is 0 Å². The minimum absolute atomic E-state index is 0.525. The lowest BCUT2D eigenvalue weighted by molar-refractivity contribution is 0.771. The molecule has 0 N–H and O–H groups in total. The van der Waals surface area contributed by atoms with E-state index in [9.17, 15) is 0 Å². The largest absolute Gasteiger partial charge is 0.0683 e. The van der Waals surface area contributed by atoms with Crippen molar-refractivity contribution in [3.8, 4) is 0 Å². The second-order valence-electron chi connectivity index (χ2n) is 4.73. The van der Waals surface area contributed by atoms with E-state index in [1.807, 2.05) is 13.8 Å². The van der Waals surface area contributed by atoms with E-state index in [4.69, 9.17) is 0 Å². The molecule has 0 heterocycles. The van der Waals surface area contributed by atoms with Gasteiger partial charge in [0.15, 0.2) is 0 Å². The van der Waals surface area contributed by atoms with Gasteiger partial charge in [-0.1, -0.05) is 74.9 Å². The molecule has 0 amide bonds. The van der Waals surface area contributed by atoms with Crippen molar-refractivity contribution in [3.05, 3.63) is 70.8 Å². The molecule has 0 fully saturated rings. The lowest BCUT2D eigenvalue weighted by Crippen LogP contribution is -2.02. The predicted octanol–water partition coefficient (Wildman–Crippen LogP) is 5.87. The van der Waals surface area contributed by atoms with E-state index in [0.29, 0.717) is 5.92 Å². The van der Waals surface area contributed by atoms with Crippen LogP contribution in [0.1, 0.15) is 55.4 Å². The Morgan fingerprint density at radius 1 is 0.895 bits per heavy atom. The van der Waals surface area contributed by atoms with E-state index >= 15 is 0 Å². The van der Waals surface area contributed by atoms with Crippen LogP contribution in [-0.2, 0) is 0 Å². The van der Waals surface area contributed by atoms with E-state index < -0.39 is 0 Å². The van der Waals surface area contributed by atoms with E-state index in [0.717, 1.165) is 6.42 Å². The molecule has 0 nitrogen and oxygen atoms in total. The number of hydrogen-bond donors (Lipinski definition) is 0. The van der Waals surface area contributed by atoms with E-state index in [-0.39, 0.29) is 0 Å². The molecule has 0 saturated carbocycles. The predicted molar refractivity (Wildman–Crippen MR) is 85.8 cm³/mol. The molecule has 1 atom stereocenters. The maximum absolute atomic E-state index is 2.28. The van der Waals surface area contributed by atoms with Gasteiger partial charge in [0.1, 0.15) is 0 Å². The van der Waals surface area contributed by atoms with Crippen molar-refractivity contribution < 1.29 is 0 Å². The van der Waals surface area contributed by atoms with Crippen LogP contribution in [0, 0.1) is 13.8 Å². The van der Waals surface area contributed by atoms with Crippen LogP contribution >= 0.6 is 0 Å². The summed E-state index contributed by atoms with van der Waals surface area (Å²) in [5.41, 5.74) is 5.63. The molecule has 0 spiro atoms. The number of rotatable bonds is 3. The van der Waals surface area contributed by atoms with Crippen molar-refractivity contribution in [2.45, 2.75) is 47.0 Å². The lowest BCUT2D eigenvalue weighted by atomic mass is 9.86. The van der Waals surface area contributed by atoms with Crippen LogP contribution in [-0.4, -0.2) is 0 Å². The Hall–Kier alpha value is -1.56. The molecule has 0 radical (unpaired) electrons. The second kappa shape index (κ2) is 7.78. The molecule has 2 aromatic carbocycles. The van der Waals surface area contributed by atoms with Crippen LogP contribution in [0.3, 0.4) is 0 Å². The van der Waals surface area contributed by atoms with Crippen molar-refractivity contribution in [1.82, 2.24) is 0 Å². The van der Waals surface area contributed by atoms with Crippen molar-refractivity contribution >= 4 is 0 Å². The standard InChI is InChI=1S/C17H20.C2H6/c1-4-16(15-8-6-5-7-9-15)17-11-10-13(2)12-14(17)3;1-2/h5-12,16H,4H2,1-3H3;1-2H3. The zero-order valence-electron chi connectivity index (χ0n) is 12.9. The van der Waals surface area contributed by atoms with Gasteiger partial charge in [-0.25, -0.2) is 0 Å². The Morgan fingerprint density at radius 2 is 1.53 bits per heavy atom. The van der Waals surface area contributed by atoms with Crippen LogP contribution < -0.4 is 0 Å². The summed E-state index contributed by atoms with van der Waals surface area (Å²) in [6.07, 6.45) is 1.15. The summed E-state index contributed by atoms with van der Waals surface area (Å²) < 4.78 is 0. The molecule has 0 aliphatic heterocycles. The van der Waals surface area contributed by atoms with Gasteiger partial charge in [-0.15, -0.1) is 0 Å². The zero-order valence-corrected chi connectivity index (χ0v) is 12.9. The topological polar surface area (TPSA) is 0 Å². The first-order valence-corrected chi connectivity index (χ1v) is 7.34. The van der Waals surface area contributed by atoms with Gasteiger partial charge < -0.3 is 0 Å². The average Bonchev–Trinajstić information content (AvgIpc) is 2.45. The van der Waals surface area contributed by atoms with Gasteiger partial charge in [0.05, 0.1) is 0 Å². The summed E-state index contributed by atoms with van der Waals surface area (Å²) in [5.74, 6) is 0.525. The Kier molecular flexibility index (Phi) is 6.35. The minimum Gasteiger partial charge on any atom is -0.0683 e. The smallest absolute Gasteiger partial charge is 0.00893 e. The van der Waals surface area contributed by atoms with Gasteiger partial charge >= 0.3 is 0 Å². The molecule has 0 aromatic heterocycles. The normalized spacial score (nSPS) is 11.4. The quantitative estimate of drug-likeness (QED) is 0.642. The maximum Gasteiger partial charge on any atom is 0.00893 e. The zero-order chi connectivity index (χ0) is 14.3. The molecule has 102 valence electrons. The van der Waals surface area contributed by atoms with E-state index in [1.165, 1.54) is 22.3 Å². The molecule has 0 bridgehead atoms. The molecule has 2 rings (SSSR count). The highest BCUT2D eigenvalue weighted by molar-refractivity contribution is 5.39. The van der Waals surface area contributed by atoms with Crippen molar-refractivity contribution in [2.75, 3.05) is 0 Å².